The normalized spacial score (nSPS) is 50.4. The van der Waals surface area contributed by atoms with Crippen LogP contribution in [0.3, 0.4) is 0 Å². The lowest BCUT2D eigenvalue weighted by Crippen LogP contribution is -2.73. The average Bonchev–Trinajstić information content (AvgIpc) is 3.42. The molecule has 2 aliphatic heterocycles. The van der Waals surface area contributed by atoms with Gasteiger partial charge in [-0.25, -0.2) is 4.79 Å². The Kier molecular flexibility index (Phi) is 10.6. The lowest BCUT2D eigenvalue weighted by molar-refractivity contribution is -0.362. The zero-order valence-corrected chi connectivity index (χ0v) is 30.6. The lowest BCUT2D eigenvalue weighted by atomic mass is 9.41. The Morgan fingerprint density at radius 1 is 0.833 bits per heavy atom. The van der Waals surface area contributed by atoms with E-state index >= 15 is 0 Å². The maximum atomic E-state index is 13.5. The highest BCUT2D eigenvalue weighted by Gasteiger charge is 2.74. The zero-order valence-electron chi connectivity index (χ0n) is 30.6. The van der Waals surface area contributed by atoms with Crippen molar-refractivity contribution in [2.45, 2.75) is 150 Å². The number of hydrogen-bond acceptors (Lipinski definition) is 16. The van der Waals surface area contributed by atoms with Crippen molar-refractivity contribution in [3.05, 3.63) is 46.0 Å². The van der Waals surface area contributed by atoms with Gasteiger partial charge in [-0.1, -0.05) is 25.5 Å². The summed E-state index contributed by atoms with van der Waals surface area (Å²) in [5.74, 6) is -1.53. The number of allylic oxidation sites excluding steroid dienone is 1. The molecule has 5 fully saturated rings. The third kappa shape index (κ3) is 5.99. The van der Waals surface area contributed by atoms with Gasteiger partial charge >= 0.3 is 5.63 Å². The highest BCUT2D eigenvalue weighted by atomic mass is 16.7. The molecule has 0 amide bonds. The van der Waals surface area contributed by atoms with Crippen LogP contribution < -0.4 is 5.63 Å². The quantitative estimate of drug-likeness (QED) is 0.140. The monoisotopic (exact) mass is 766 g/mol. The molecule has 302 valence electrons. The Balaban J connectivity index is 1.11. The molecular weight excluding hydrogens is 712 g/mol. The molecule has 2 saturated heterocycles. The minimum Gasteiger partial charge on any atom is -0.431 e. The molecule has 0 radical (unpaired) electrons. The Bertz CT molecular complexity index is 1630. The molecule has 9 N–H and O–H groups in total. The molecule has 54 heavy (non-hydrogen) atoms. The Hall–Kier alpha value is -2.16. The number of Topliss-reactive ketones (excluding diaryl/α,β-unsaturated/α-hetero) is 1. The summed E-state index contributed by atoms with van der Waals surface area (Å²) >= 11 is 0. The number of fused-ring (bicyclic) bond motifs is 5. The van der Waals surface area contributed by atoms with Crippen LogP contribution in [0.5, 0.6) is 0 Å². The van der Waals surface area contributed by atoms with Crippen LogP contribution in [0, 0.1) is 22.7 Å². The van der Waals surface area contributed by atoms with Gasteiger partial charge in [0.15, 0.2) is 12.6 Å². The van der Waals surface area contributed by atoms with Crippen LogP contribution in [0.2, 0.25) is 0 Å². The van der Waals surface area contributed by atoms with Crippen molar-refractivity contribution >= 4 is 5.78 Å². The summed E-state index contributed by atoms with van der Waals surface area (Å²) in [6.07, 6.45) is -10.5. The van der Waals surface area contributed by atoms with Crippen LogP contribution in [0.1, 0.15) is 77.2 Å². The number of ether oxygens (including phenoxy) is 4. The summed E-state index contributed by atoms with van der Waals surface area (Å²) in [6.45, 7) is 4.02. The minimum absolute atomic E-state index is 0.00531. The summed E-state index contributed by atoms with van der Waals surface area (Å²) in [7, 11) is 0. The Labute approximate surface area is 311 Å². The molecule has 1 aromatic heterocycles. The van der Waals surface area contributed by atoms with Gasteiger partial charge in [0, 0.05) is 17.4 Å². The molecule has 1 aromatic rings. The highest BCUT2D eigenvalue weighted by molar-refractivity contribution is 5.82. The number of aliphatic hydroxyl groups excluding tert-OH is 7. The van der Waals surface area contributed by atoms with Crippen molar-refractivity contribution in [2.24, 2.45) is 22.7 Å². The second kappa shape index (κ2) is 14.3. The second-order valence-electron chi connectivity index (χ2n) is 16.9. The standard InChI is InChI=1S/C38H54O16/c1-17(41)20-13-37(48)25(8-10-36(3)21(7-11-38(36,37)49)18-4-5-26(42)50-16-18)35(2)9-6-19(12-22(20)35)51-33-31(47)29(45)32(24(15-40)53-33)54-34-30(46)28(44)27(43)23(14-39)52-34/h4-5,12,16,19-21,23-25,27-34,39-40,43-49H,6-11,13-15H2,1-3H3. The molecule has 7 rings (SSSR count). The Morgan fingerprint density at radius 2 is 1.50 bits per heavy atom. The van der Waals surface area contributed by atoms with Crippen molar-refractivity contribution in [2.75, 3.05) is 13.2 Å². The van der Waals surface area contributed by atoms with Crippen LogP contribution in [-0.2, 0) is 23.7 Å². The van der Waals surface area contributed by atoms with E-state index < -0.39 is 120 Å². The second-order valence-corrected chi connectivity index (χ2v) is 16.9. The SMILES string of the molecule is CC(=O)C1CC2(O)C(CCC3(C)C(c4ccc(=O)oc4)CCC32O)C2(C)CCC(OC3OC(CO)C(OC4OC(CO)C(O)C(O)C4O)C(O)C3O)C=C12. The van der Waals surface area contributed by atoms with E-state index in [0.717, 1.165) is 11.1 Å². The molecule has 0 spiro atoms. The number of carbonyl (C=O) groups is 1. The summed E-state index contributed by atoms with van der Waals surface area (Å²) in [4.78, 5) is 25.2. The summed E-state index contributed by atoms with van der Waals surface area (Å²) in [5, 5.41) is 98.3. The van der Waals surface area contributed by atoms with Crippen LogP contribution in [0.25, 0.3) is 0 Å². The van der Waals surface area contributed by atoms with Gasteiger partial charge in [-0.05, 0) is 80.8 Å². The molecule has 4 aliphatic carbocycles. The summed E-state index contributed by atoms with van der Waals surface area (Å²) in [5.41, 5.74) is -3.55. The molecule has 3 heterocycles. The first-order valence-corrected chi connectivity index (χ1v) is 18.9. The third-order valence-corrected chi connectivity index (χ3v) is 14.3. The van der Waals surface area contributed by atoms with E-state index in [1.165, 1.54) is 19.3 Å². The first-order chi connectivity index (χ1) is 25.4. The smallest absolute Gasteiger partial charge is 0.335 e. The highest BCUT2D eigenvalue weighted by Crippen LogP contribution is 2.72. The van der Waals surface area contributed by atoms with E-state index in [-0.39, 0.29) is 18.1 Å². The minimum atomic E-state index is -1.80. The van der Waals surface area contributed by atoms with Gasteiger partial charge < -0.3 is 69.3 Å². The van der Waals surface area contributed by atoms with Gasteiger partial charge in [-0.2, -0.15) is 0 Å². The number of carbonyl (C=O) groups excluding carboxylic acids is 1. The summed E-state index contributed by atoms with van der Waals surface area (Å²) < 4.78 is 28.3. The molecule has 3 saturated carbocycles. The fraction of sp³-hybridized carbons (Fsp3) is 0.789. The molecule has 16 nitrogen and oxygen atoms in total. The Morgan fingerprint density at radius 3 is 2.15 bits per heavy atom. The summed E-state index contributed by atoms with van der Waals surface area (Å²) in [6, 6.07) is 3.08. The van der Waals surface area contributed by atoms with Crippen molar-refractivity contribution < 1.29 is 74.1 Å². The average molecular weight is 767 g/mol. The fourth-order valence-corrected chi connectivity index (χ4v) is 11.2. The molecule has 18 unspecified atom stereocenters. The number of hydrogen-bond donors (Lipinski definition) is 9. The van der Waals surface area contributed by atoms with Crippen LogP contribution in [-0.4, -0.2) is 144 Å². The van der Waals surface area contributed by atoms with Gasteiger partial charge in [-0.15, -0.1) is 0 Å². The molecular formula is C38H54O16. The lowest BCUT2D eigenvalue weighted by Gasteiger charge is -2.67. The van der Waals surface area contributed by atoms with Gasteiger partial charge in [0.1, 0.15) is 54.6 Å². The predicted octanol–water partition coefficient (Wildman–Crippen LogP) is -1.26. The first kappa shape index (κ1) is 40.1. The zero-order chi connectivity index (χ0) is 39.1. The van der Waals surface area contributed by atoms with Gasteiger partial charge in [-0.3, -0.25) is 4.79 Å². The molecule has 6 aliphatic rings. The molecule has 18 atom stereocenters. The van der Waals surface area contributed by atoms with Crippen LogP contribution in [0.4, 0.5) is 0 Å². The molecule has 0 bridgehead atoms. The largest absolute Gasteiger partial charge is 0.431 e. The van der Waals surface area contributed by atoms with E-state index in [9.17, 15) is 55.5 Å². The topological polar surface area (TPSA) is 266 Å². The first-order valence-electron chi connectivity index (χ1n) is 18.9. The van der Waals surface area contributed by atoms with Crippen LogP contribution in [0.15, 0.2) is 39.3 Å². The van der Waals surface area contributed by atoms with E-state index in [0.29, 0.717) is 38.5 Å². The van der Waals surface area contributed by atoms with E-state index in [4.69, 9.17) is 23.4 Å². The van der Waals surface area contributed by atoms with Crippen molar-refractivity contribution in [1.82, 2.24) is 0 Å². The van der Waals surface area contributed by atoms with Gasteiger partial charge in [0.2, 0.25) is 0 Å². The van der Waals surface area contributed by atoms with Crippen molar-refractivity contribution in [3.63, 3.8) is 0 Å². The van der Waals surface area contributed by atoms with Gasteiger partial charge in [0.05, 0.1) is 36.8 Å². The maximum absolute atomic E-state index is 13.5. The predicted molar refractivity (Wildman–Crippen MR) is 183 cm³/mol. The van der Waals surface area contributed by atoms with Crippen molar-refractivity contribution in [1.29, 1.82) is 0 Å². The molecule has 16 heteroatoms. The van der Waals surface area contributed by atoms with E-state index in [1.54, 1.807) is 6.07 Å². The van der Waals surface area contributed by atoms with E-state index in [2.05, 4.69) is 0 Å². The van der Waals surface area contributed by atoms with Crippen molar-refractivity contribution in [3.8, 4) is 0 Å². The number of rotatable bonds is 8. The van der Waals surface area contributed by atoms with Gasteiger partial charge in [0.25, 0.3) is 0 Å². The van der Waals surface area contributed by atoms with Crippen LogP contribution >= 0.6 is 0 Å². The molecule has 0 aromatic carbocycles. The maximum Gasteiger partial charge on any atom is 0.335 e. The van der Waals surface area contributed by atoms with E-state index in [1.807, 2.05) is 19.9 Å². The fourth-order valence-electron chi connectivity index (χ4n) is 11.2. The third-order valence-electron chi connectivity index (χ3n) is 14.3. The number of ketones is 1. The number of aliphatic hydroxyl groups is 9.